The number of benzene rings is 3. The number of sulfone groups is 1. The molecule has 4 nitrogen and oxygen atoms in total. The number of aryl methyl sites for hydroxylation is 2. The van der Waals surface area contributed by atoms with Gasteiger partial charge in [-0.25, -0.2) is 8.42 Å². The molecule has 0 amide bonds. The zero-order chi connectivity index (χ0) is 23.8. The van der Waals surface area contributed by atoms with Gasteiger partial charge in [0.25, 0.3) is 0 Å². The molecule has 0 radical (unpaired) electrons. The Morgan fingerprint density at radius 2 is 1.48 bits per heavy atom. The van der Waals surface area contributed by atoms with Gasteiger partial charge in [0.1, 0.15) is 11.1 Å². The summed E-state index contributed by atoms with van der Waals surface area (Å²) in [5.41, 5.74) is 3.82. The number of thioether (sulfide) groups is 1. The molecule has 0 aromatic heterocycles. The average molecular weight is 497 g/mol. The van der Waals surface area contributed by atoms with E-state index >= 15 is 0 Å². The molecule has 3 aromatic rings. The van der Waals surface area contributed by atoms with Crippen LogP contribution in [0, 0.1) is 11.3 Å². The smallest absolute Gasteiger partial charge is 0.219 e. The summed E-state index contributed by atoms with van der Waals surface area (Å²) in [4.78, 5) is -0.225. The van der Waals surface area contributed by atoms with Gasteiger partial charge in [0.2, 0.25) is 9.84 Å². The van der Waals surface area contributed by atoms with Gasteiger partial charge in [-0.3, -0.25) is 0 Å². The van der Waals surface area contributed by atoms with Crippen molar-refractivity contribution in [2.45, 2.75) is 37.3 Å². The molecule has 0 saturated heterocycles. The summed E-state index contributed by atoms with van der Waals surface area (Å²) in [7, 11) is -4.02. The van der Waals surface area contributed by atoms with Crippen molar-refractivity contribution >= 4 is 38.9 Å². The number of nitrogens with one attached hydrogen (secondary N) is 1. The molecule has 0 aliphatic heterocycles. The minimum Gasteiger partial charge on any atom is -0.348 e. The topological polar surface area (TPSA) is 70.0 Å². The number of halogens is 1. The normalized spacial score (nSPS) is 12.1. The molecule has 0 aliphatic rings. The Balaban J connectivity index is 2.14. The summed E-state index contributed by atoms with van der Waals surface area (Å²) in [6.07, 6.45) is 1.54. The fraction of sp³-hybridized carbons (Fsp3) is 0.192. The Bertz CT molecular complexity index is 1280. The van der Waals surface area contributed by atoms with E-state index in [4.69, 9.17) is 11.6 Å². The van der Waals surface area contributed by atoms with Gasteiger partial charge in [0, 0.05) is 16.5 Å². The molecule has 0 unspecified atom stereocenters. The van der Waals surface area contributed by atoms with Gasteiger partial charge in [0.05, 0.1) is 4.90 Å². The molecule has 0 atom stereocenters. The third-order valence-electron chi connectivity index (χ3n) is 5.20. The van der Waals surface area contributed by atoms with Crippen LogP contribution < -0.4 is 5.32 Å². The Morgan fingerprint density at radius 1 is 0.909 bits per heavy atom. The van der Waals surface area contributed by atoms with Gasteiger partial charge in [-0.2, -0.15) is 5.26 Å². The number of allylic oxidation sites excluding steroid dienone is 1. The molecule has 7 heteroatoms. The predicted molar refractivity (Wildman–Crippen MR) is 138 cm³/mol. The summed E-state index contributed by atoms with van der Waals surface area (Å²) in [5, 5.41) is 14.2. The third-order valence-corrected chi connectivity index (χ3v) is 8.47. The van der Waals surface area contributed by atoms with Gasteiger partial charge < -0.3 is 5.32 Å². The molecule has 3 aromatic carbocycles. The third kappa shape index (κ3) is 5.80. The van der Waals surface area contributed by atoms with Crippen LogP contribution in [0.5, 0.6) is 0 Å². The van der Waals surface area contributed by atoms with Crippen LogP contribution in [-0.4, -0.2) is 8.42 Å². The van der Waals surface area contributed by atoms with Crippen LogP contribution in [0.3, 0.4) is 0 Å². The lowest BCUT2D eigenvalue weighted by Crippen LogP contribution is -2.12. The lowest BCUT2D eigenvalue weighted by molar-refractivity contribution is 0.603. The van der Waals surface area contributed by atoms with Crippen molar-refractivity contribution in [3.05, 3.63) is 104 Å². The maximum atomic E-state index is 13.4. The predicted octanol–water partition coefficient (Wildman–Crippen LogP) is 6.98. The monoisotopic (exact) mass is 496 g/mol. The molecular formula is C26H25ClN2O2S2. The molecule has 0 spiro atoms. The molecular weight excluding hydrogens is 472 g/mol. The molecule has 33 heavy (non-hydrogen) atoms. The van der Waals surface area contributed by atoms with Crippen LogP contribution in [0.4, 0.5) is 5.69 Å². The lowest BCUT2D eigenvalue weighted by Gasteiger charge is -2.19. The largest absolute Gasteiger partial charge is 0.348 e. The number of nitrogens with zero attached hydrogens (tertiary/aromatic N) is 1. The highest BCUT2D eigenvalue weighted by Crippen LogP contribution is 2.35. The van der Waals surface area contributed by atoms with Gasteiger partial charge in [-0.15, -0.1) is 11.8 Å². The van der Waals surface area contributed by atoms with Crippen molar-refractivity contribution < 1.29 is 8.42 Å². The van der Waals surface area contributed by atoms with E-state index in [0.717, 1.165) is 35.2 Å². The van der Waals surface area contributed by atoms with Crippen molar-refractivity contribution in [2.75, 3.05) is 5.32 Å². The Morgan fingerprint density at radius 3 is 2.06 bits per heavy atom. The van der Waals surface area contributed by atoms with Crippen LogP contribution in [-0.2, 0) is 28.4 Å². The van der Waals surface area contributed by atoms with E-state index in [0.29, 0.717) is 10.8 Å². The fourth-order valence-electron chi connectivity index (χ4n) is 3.39. The summed E-state index contributed by atoms with van der Waals surface area (Å²) in [6, 6.07) is 23.4. The molecule has 1 N–H and O–H groups in total. The van der Waals surface area contributed by atoms with Crippen LogP contribution in [0.15, 0.2) is 87.6 Å². The molecule has 0 saturated carbocycles. The second kappa shape index (κ2) is 11.4. The number of para-hydroxylation sites is 1. The maximum Gasteiger partial charge on any atom is 0.219 e. The highest BCUT2D eigenvalue weighted by Gasteiger charge is 2.26. The molecule has 0 heterocycles. The van der Waals surface area contributed by atoms with Crippen molar-refractivity contribution in [1.82, 2.24) is 0 Å². The quantitative estimate of drug-likeness (QED) is 0.324. The minimum absolute atomic E-state index is 0.0821. The van der Waals surface area contributed by atoms with E-state index in [1.165, 1.54) is 23.9 Å². The van der Waals surface area contributed by atoms with Crippen LogP contribution in [0.1, 0.15) is 30.5 Å². The summed E-state index contributed by atoms with van der Waals surface area (Å²) in [5.74, 6) is 0.410. The molecule has 0 bridgehead atoms. The second-order valence-corrected chi connectivity index (χ2v) is 10.5. The average Bonchev–Trinajstić information content (AvgIpc) is 2.84. The van der Waals surface area contributed by atoms with E-state index in [1.54, 1.807) is 24.3 Å². The molecule has 0 aliphatic carbocycles. The van der Waals surface area contributed by atoms with Gasteiger partial charge in [-0.1, -0.05) is 80.0 Å². The maximum absolute atomic E-state index is 13.4. The highest BCUT2D eigenvalue weighted by molar-refractivity contribution is 8.04. The SMILES string of the molecule is CCc1cccc(CC)c1NC(SCc1ccccc1Cl)=C(C#N)S(=O)(=O)c1ccccc1. The van der Waals surface area contributed by atoms with E-state index in [1.807, 2.05) is 56.3 Å². The number of anilines is 1. The van der Waals surface area contributed by atoms with Crippen molar-refractivity contribution in [1.29, 1.82) is 5.26 Å². The van der Waals surface area contributed by atoms with Crippen molar-refractivity contribution in [2.24, 2.45) is 0 Å². The number of rotatable bonds is 9. The fourth-order valence-corrected chi connectivity index (χ4v) is 6.25. The van der Waals surface area contributed by atoms with Gasteiger partial charge >= 0.3 is 0 Å². The number of hydrogen-bond donors (Lipinski definition) is 1. The minimum atomic E-state index is -4.02. The molecule has 170 valence electrons. The first-order valence-corrected chi connectivity index (χ1v) is 13.5. The van der Waals surface area contributed by atoms with E-state index in [9.17, 15) is 13.7 Å². The standard InChI is InChI=1S/C26H25ClN2O2S2/c1-3-19-12-10-13-20(4-2)25(19)29-26(32-18-21-11-8-9-16-23(21)27)24(17-28)33(30,31)22-14-6-5-7-15-22/h5-16,29H,3-4,18H2,1-2H3. The number of hydrogen-bond acceptors (Lipinski definition) is 5. The lowest BCUT2D eigenvalue weighted by atomic mass is 10.0. The zero-order valence-corrected chi connectivity index (χ0v) is 20.9. The number of nitriles is 1. The van der Waals surface area contributed by atoms with Crippen LogP contribution in [0.25, 0.3) is 0 Å². The summed E-state index contributed by atoms with van der Waals surface area (Å²) >= 11 is 7.59. The van der Waals surface area contributed by atoms with Crippen LogP contribution >= 0.6 is 23.4 Å². The molecule has 0 fully saturated rings. The zero-order valence-electron chi connectivity index (χ0n) is 18.5. The summed E-state index contributed by atoms with van der Waals surface area (Å²) in [6.45, 7) is 4.10. The van der Waals surface area contributed by atoms with Gasteiger partial charge in [-0.05, 0) is 47.7 Å². The highest BCUT2D eigenvalue weighted by atomic mass is 35.5. The molecule has 3 rings (SSSR count). The second-order valence-electron chi connectivity index (χ2n) is 7.25. The van der Waals surface area contributed by atoms with E-state index in [2.05, 4.69) is 5.32 Å². The summed E-state index contributed by atoms with van der Waals surface area (Å²) < 4.78 is 26.8. The van der Waals surface area contributed by atoms with Crippen molar-refractivity contribution in [3.8, 4) is 6.07 Å². The van der Waals surface area contributed by atoms with E-state index < -0.39 is 9.84 Å². The van der Waals surface area contributed by atoms with Gasteiger partial charge in [0.15, 0.2) is 4.91 Å². The van der Waals surface area contributed by atoms with Crippen LogP contribution in [0.2, 0.25) is 5.02 Å². The first-order valence-electron chi connectivity index (χ1n) is 10.6. The van der Waals surface area contributed by atoms with Crippen molar-refractivity contribution in [3.63, 3.8) is 0 Å². The Labute approximate surface area is 205 Å². The Hall–Kier alpha value is -2.72. The first kappa shape index (κ1) is 24.9. The van der Waals surface area contributed by atoms with E-state index in [-0.39, 0.29) is 14.8 Å². The first-order chi connectivity index (χ1) is 15.9. The Kier molecular flexibility index (Phi) is 8.62.